The smallest absolute Gasteiger partial charge is 0.119 e. The summed E-state index contributed by atoms with van der Waals surface area (Å²) in [5, 5.41) is 0. The highest BCUT2D eigenvalue weighted by Gasteiger charge is 2.04. The van der Waals surface area contributed by atoms with E-state index >= 15 is 0 Å². The molecule has 0 amide bonds. The molecule has 0 aromatic heterocycles. The number of aryl methyl sites for hydroxylation is 2. The summed E-state index contributed by atoms with van der Waals surface area (Å²) in [5.74, 6) is 0.887. The number of nitrogens with two attached hydrogens (primary N) is 1. The van der Waals surface area contributed by atoms with Gasteiger partial charge < -0.3 is 10.5 Å². The topological polar surface area (TPSA) is 35.2 Å². The molecule has 0 aliphatic heterocycles. The van der Waals surface area contributed by atoms with Crippen LogP contribution in [0.3, 0.4) is 0 Å². The van der Waals surface area contributed by atoms with E-state index in [-0.39, 0.29) is 6.04 Å². The summed E-state index contributed by atoms with van der Waals surface area (Å²) >= 11 is 0. The number of hydrogen-bond acceptors (Lipinski definition) is 2. The molecule has 2 heteroatoms. The number of rotatable bonds is 5. The van der Waals surface area contributed by atoms with E-state index in [9.17, 15) is 0 Å². The van der Waals surface area contributed by atoms with Crippen LogP contribution >= 0.6 is 0 Å². The second kappa shape index (κ2) is 6.58. The summed E-state index contributed by atoms with van der Waals surface area (Å²) < 4.78 is 5.86. The number of hydrogen-bond donors (Lipinski definition) is 1. The Hall–Kier alpha value is -1.80. The van der Waals surface area contributed by atoms with Gasteiger partial charge in [0.1, 0.15) is 12.4 Å². The fourth-order valence-corrected chi connectivity index (χ4v) is 2.16. The van der Waals surface area contributed by atoms with Gasteiger partial charge in [-0.3, -0.25) is 0 Å². The summed E-state index contributed by atoms with van der Waals surface area (Å²) in [6, 6.07) is 14.6. The van der Waals surface area contributed by atoms with Gasteiger partial charge in [-0.15, -0.1) is 0 Å². The van der Waals surface area contributed by atoms with Crippen LogP contribution in [0.4, 0.5) is 0 Å². The van der Waals surface area contributed by atoms with Gasteiger partial charge in [0, 0.05) is 6.04 Å². The Morgan fingerprint density at radius 3 is 2.40 bits per heavy atom. The highest BCUT2D eigenvalue weighted by Crippen LogP contribution is 2.20. The maximum absolute atomic E-state index is 6.01. The van der Waals surface area contributed by atoms with Crippen molar-refractivity contribution in [3.8, 4) is 5.75 Å². The highest BCUT2D eigenvalue weighted by molar-refractivity contribution is 5.32. The maximum atomic E-state index is 6.01. The summed E-state index contributed by atoms with van der Waals surface area (Å²) in [5.41, 5.74) is 10.9. The molecule has 2 N–H and O–H groups in total. The van der Waals surface area contributed by atoms with Crippen molar-refractivity contribution in [1.29, 1.82) is 0 Å². The normalized spacial score (nSPS) is 12.2. The molecule has 2 rings (SSSR count). The average Bonchev–Trinajstić information content (AvgIpc) is 2.48. The van der Waals surface area contributed by atoms with E-state index in [1.54, 1.807) is 0 Å². The second-order valence-corrected chi connectivity index (χ2v) is 5.30. The molecule has 0 aliphatic carbocycles. The van der Waals surface area contributed by atoms with Crippen LogP contribution in [0.15, 0.2) is 42.5 Å². The molecule has 0 bridgehead atoms. The van der Waals surface area contributed by atoms with Crippen molar-refractivity contribution in [1.82, 2.24) is 0 Å². The molecule has 2 aromatic rings. The van der Waals surface area contributed by atoms with Crippen molar-refractivity contribution in [2.75, 3.05) is 0 Å². The van der Waals surface area contributed by atoms with Gasteiger partial charge in [0.25, 0.3) is 0 Å². The van der Waals surface area contributed by atoms with Crippen molar-refractivity contribution in [2.24, 2.45) is 5.73 Å². The molecule has 1 atom stereocenters. The lowest BCUT2D eigenvalue weighted by molar-refractivity contribution is 0.305. The standard InChI is InChI=1S/C18H23NO/c1-4-18(19)15-7-9-17(10-8-15)20-12-16-11-13(2)5-6-14(16)3/h5-11,18H,4,12,19H2,1-3H3/t18-/m0/s1. The molecule has 0 aliphatic rings. The summed E-state index contributed by atoms with van der Waals surface area (Å²) in [7, 11) is 0. The van der Waals surface area contributed by atoms with Crippen molar-refractivity contribution in [3.05, 3.63) is 64.7 Å². The minimum absolute atomic E-state index is 0.114. The predicted molar refractivity (Wildman–Crippen MR) is 83.9 cm³/mol. The van der Waals surface area contributed by atoms with E-state index in [4.69, 9.17) is 10.5 Å². The quantitative estimate of drug-likeness (QED) is 0.878. The fourth-order valence-electron chi connectivity index (χ4n) is 2.16. The first-order valence-corrected chi connectivity index (χ1v) is 7.14. The van der Waals surface area contributed by atoms with E-state index in [1.807, 2.05) is 24.3 Å². The zero-order valence-electron chi connectivity index (χ0n) is 12.5. The monoisotopic (exact) mass is 269 g/mol. The zero-order valence-corrected chi connectivity index (χ0v) is 12.5. The molecule has 0 saturated heterocycles. The molecule has 0 spiro atoms. The minimum Gasteiger partial charge on any atom is -0.489 e. The third kappa shape index (κ3) is 3.61. The van der Waals surface area contributed by atoms with E-state index in [2.05, 4.69) is 39.0 Å². The lowest BCUT2D eigenvalue weighted by Gasteiger charge is -2.12. The summed E-state index contributed by atoms with van der Waals surface area (Å²) in [6.45, 7) is 6.91. The largest absolute Gasteiger partial charge is 0.489 e. The van der Waals surface area contributed by atoms with Gasteiger partial charge in [0.2, 0.25) is 0 Å². The van der Waals surface area contributed by atoms with Gasteiger partial charge in [-0.2, -0.15) is 0 Å². The second-order valence-electron chi connectivity index (χ2n) is 5.30. The van der Waals surface area contributed by atoms with Crippen LogP contribution in [0.5, 0.6) is 5.75 Å². The van der Waals surface area contributed by atoms with Gasteiger partial charge in [0.05, 0.1) is 0 Å². The van der Waals surface area contributed by atoms with Crippen LogP contribution in [0.25, 0.3) is 0 Å². The van der Waals surface area contributed by atoms with Gasteiger partial charge >= 0.3 is 0 Å². The average molecular weight is 269 g/mol. The SMILES string of the molecule is CC[C@H](N)c1ccc(OCc2cc(C)ccc2C)cc1. The molecule has 2 nitrogen and oxygen atoms in total. The van der Waals surface area contributed by atoms with Crippen molar-refractivity contribution in [2.45, 2.75) is 39.8 Å². The lowest BCUT2D eigenvalue weighted by Crippen LogP contribution is -2.08. The molecule has 0 unspecified atom stereocenters. The van der Waals surface area contributed by atoms with E-state index in [0.29, 0.717) is 6.61 Å². The summed E-state index contributed by atoms with van der Waals surface area (Å²) in [6.07, 6.45) is 0.947. The Balaban J connectivity index is 2.02. The highest BCUT2D eigenvalue weighted by atomic mass is 16.5. The van der Waals surface area contributed by atoms with E-state index in [0.717, 1.165) is 17.7 Å². The van der Waals surface area contributed by atoms with E-state index in [1.165, 1.54) is 16.7 Å². The Labute approximate surface area is 121 Å². The lowest BCUT2D eigenvalue weighted by atomic mass is 10.1. The van der Waals surface area contributed by atoms with Crippen molar-refractivity contribution < 1.29 is 4.74 Å². The zero-order chi connectivity index (χ0) is 14.5. The predicted octanol–water partition coefficient (Wildman–Crippen LogP) is 4.29. The van der Waals surface area contributed by atoms with Crippen molar-refractivity contribution >= 4 is 0 Å². The van der Waals surface area contributed by atoms with Crippen LogP contribution in [-0.2, 0) is 6.61 Å². The third-order valence-corrected chi connectivity index (χ3v) is 3.65. The molecule has 0 fully saturated rings. The molecular weight excluding hydrogens is 246 g/mol. The molecule has 2 aromatic carbocycles. The molecular formula is C18H23NO. The van der Waals surface area contributed by atoms with Crippen LogP contribution in [0.1, 0.15) is 41.6 Å². The Bertz CT molecular complexity index is 560. The first-order valence-electron chi connectivity index (χ1n) is 7.14. The first-order chi connectivity index (χ1) is 9.60. The Morgan fingerprint density at radius 1 is 1.05 bits per heavy atom. The molecule has 0 saturated carbocycles. The van der Waals surface area contributed by atoms with Gasteiger partial charge in [0.15, 0.2) is 0 Å². The Kier molecular flexibility index (Phi) is 4.80. The molecule has 106 valence electrons. The van der Waals surface area contributed by atoms with Gasteiger partial charge in [-0.1, -0.05) is 42.8 Å². The van der Waals surface area contributed by atoms with Crippen LogP contribution in [0, 0.1) is 13.8 Å². The fraction of sp³-hybridized carbons (Fsp3) is 0.333. The molecule has 20 heavy (non-hydrogen) atoms. The van der Waals surface area contributed by atoms with E-state index < -0.39 is 0 Å². The van der Waals surface area contributed by atoms with Crippen LogP contribution < -0.4 is 10.5 Å². The van der Waals surface area contributed by atoms with Crippen LogP contribution in [0.2, 0.25) is 0 Å². The minimum atomic E-state index is 0.114. The number of ether oxygens (including phenoxy) is 1. The summed E-state index contributed by atoms with van der Waals surface area (Å²) in [4.78, 5) is 0. The number of benzene rings is 2. The maximum Gasteiger partial charge on any atom is 0.119 e. The third-order valence-electron chi connectivity index (χ3n) is 3.65. The Morgan fingerprint density at radius 2 is 1.75 bits per heavy atom. The van der Waals surface area contributed by atoms with Crippen molar-refractivity contribution in [3.63, 3.8) is 0 Å². The molecule has 0 radical (unpaired) electrons. The first kappa shape index (κ1) is 14.6. The van der Waals surface area contributed by atoms with Gasteiger partial charge in [-0.25, -0.2) is 0 Å². The molecule has 0 heterocycles. The van der Waals surface area contributed by atoms with Crippen LogP contribution in [-0.4, -0.2) is 0 Å². The van der Waals surface area contributed by atoms with Gasteiger partial charge in [-0.05, 0) is 49.1 Å².